The van der Waals surface area contributed by atoms with Gasteiger partial charge in [-0.3, -0.25) is 9.59 Å². The van der Waals surface area contributed by atoms with Crippen molar-refractivity contribution in [3.05, 3.63) is 37.7 Å². The van der Waals surface area contributed by atoms with E-state index in [0.717, 1.165) is 12.8 Å². The zero-order chi connectivity index (χ0) is 17.7. The monoisotopic (exact) mass is 330 g/mol. The molecule has 132 valence electrons. The normalized spacial score (nSPS) is 19.2. The van der Waals surface area contributed by atoms with E-state index in [1.165, 1.54) is 0 Å². The summed E-state index contributed by atoms with van der Waals surface area (Å²) in [6.45, 7) is 17.3. The van der Waals surface area contributed by atoms with Crippen LogP contribution in [-0.2, 0) is 9.59 Å². The van der Waals surface area contributed by atoms with Crippen LogP contribution < -0.4 is 0 Å². The van der Waals surface area contributed by atoms with Gasteiger partial charge in [0.05, 0.1) is 0 Å². The van der Waals surface area contributed by atoms with Gasteiger partial charge >= 0.3 is 0 Å². The first-order valence-electron chi connectivity index (χ1n) is 7.84. The standard InChI is InChI=1S/2C7H11NO.C2H6.C2H4.2B/c2*1-6-4-3-5-8(6)7(2)9;2*1-2;;/h2*3,5-6H,4H2,1-2H3;1-2H3;1-2H2;;/t2*6-;;;;/m11..../s1. The van der Waals surface area contributed by atoms with Crippen LogP contribution in [0.25, 0.3) is 0 Å². The molecule has 2 aliphatic rings. The van der Waals surface area contributed by atoms with E-state index >= 15 is 0 Å². The SMILES string of the molecule is C=C.CC.CC(=O)N1C=CC[C@H]1C.CC(=O)N1C=CC[C@H]1C.[B].[B]. The third-order valence-corrected chi connectivity index (χ3v) is 3.16. The number of rotatable bonds is 0. The maximum Gasteiger partial charge on any atom is 0.223 e. The number of carbonyl (C=O) groups is 2. The van der Waals surface area contributed by atoms with E-state index < -0.39 is 0 Å². The zero-order valence-electron chi connectivity index (χ0n) is 16.2. The molecule has 0 aliphatic carbocycles. The van der Waals surface area contributed by atoms with Crippen molar-refractivity contribution in [1.82, 2.24) is 9.80 Å². The minimum Gasteiger partial charge on any atom is -0.317 e. The molecule has 2 heterocycles. The number of amides is 2. The number of hydrogen-bond donors (Lipinski definition) is 0. The van der Waals surface area contributed by atoms with Gasteiger partial charge in [-0.25, -0.2) is 0 Å². The Labute approximate surface area is 152 Å². The molecule has 0 aromatic rings. The molecule has 0 saturated carbocycles. The molecular formula is C18H32B2N2O2. The molecule has 4 nitrogen and oxygen atoms in total. The van der Waals surface area contributed by atoms with Crippen molar-refractivity contribution in [3.8, 4) is 0 Å². The van der Waals surface area contributed by atoms with Gasteiger partial charge in [0.2, 0.25) is 11.8 Å². The molecule has 24 heavy (non-hydrogen) atoms. The van der Waals surface area contributed by atoms with E-state index in [-0.39, 0.29) is 28.6 Å². The van der Waals surface area contributed by atoms with Crippen LogP contribution >= 0.6 is 0 Å². The highest BCUT2D eigenvalue weighted by atomic mass is 16.2. The summed E-state index contributed by atoms with van der Waals surface area (Å²) in [7, 11) is 0. The van der Waals surface area contributed by atoms with Gasteiger partial charge in [-0.15, -0.1) is 13.2 Å². The molecule has 0 spiro atoms. The molecule has 2 rings (SSSR count). The van der Waals surface area contributed by atoms with E-state index in [1.54, 1.807) is 23.6 Å². The van der Waals surface area contributed by atoms with Crippen LogP contribution in [0.3, 0.4) is 0 Å². The lowest BCUT2D eigenvalue weighted by Crippen LogP contribution is -2.27. The quantitative estimate of drug-likeness (QED) is 0.505. The van der Waals surface area contributed by atoms with Gasteiger partial charge in [0.1, 0.15) is 0 Å². The summed E-state index contributed by atoms with van der Waals surface area (Å²) < 4.78 is 0. The van der Waals surface area contributed by atoms with Crippen LogP contribution in [-0.4, -0.2) is 50.5 Å². The first kappa shape index (κ1) is 30.2. The Hall–Kier alpha value is -1.71. The Balaban J connectivity index is -0.000000129. The molecule has 0 aromatic carbocycles. The second-order valence-electron chi connectivity index (χ2n) is 4.79. The van der Waals surface area contributed by atoms with Crippen LogP contribution in [0.4, 0.5) is 0 Å². The summed E-state index contributed by atoms with van der Waals surface area (Å²) in [4.78, 5) is 25.0. The van der Waals surface area contributed by atoms with Gasteiger partial charge in [-0.05, 0) is 26.7 Å². The average molecular weight is 330 g/mol. The highest BCUT2D eigenvalue weighted by Crippen LogP contribution is 2.13. The van der Waals surface area contributed by atoms with Crippen molar-refractivity contribution < 1.29 is 9.59 Å². The van der Waals surface area contributed by atoms with Gasteiger partial charge < -0.3 is 9.80 Å². The van der Waals surface area contributed by atoms with Crippen molar-refractivity contribution in [1.29, 1.82) is 0 Å². The molecule has 2 amide bonds. The van der Waals surface area contributed by atoms with Gasteiger partial charge in [0.25, 0.3) is 0 Å². The summed E-state index contributed by atoms with van der Waals surface area (Å²) in [5, 5.41) is 0. The molecule has 0 N–H and O–H groups in total. The smallest absolute Gasteiger partial charge is 0.223 e. The van der Waals surface area contributed by atoms with Crippen molar-refractivity contribution >= 4 is 28.6 Å². The lowest BCUT2D eigenvalue weighted by Gasteiger charge is -2.17. The second-order valence-corrected chi connectivity index (χ2v) is 4.79. The molecule has 2 aliphatic heterocycles. The molecular weight excluding hydrogens is 298 g/mol. The van der Waals surface area contributed by atoms with E-state index in [0.29, 0.717) is 12.1 Å². The van der Waals surface area contributed by atoms with Crippen molar-refractivity contribution in [2.45, 2.75) is 66.5 Å². The van der Waals surface area contributed by atoms with E-state index in [1.807, 2.05) is 52.2 Å². The summed E-state index contributed by atoms with van der Waals surface area (Å²) in [6, 6.07) is 0.755. The highest BCUT2D eigenvalue weighted by molar-refractivity contribution is 5.76. The fourth-order valence-corrected chi connectivity index (χ4v) is 2.09. The van der Waals surface area contributed by atoms with Crippen molar-refractivity contribution in [2.75, 3.05) is 0 Å². The van der Waals surface area contributed by atoms with Crippen LogP contribution in [0.5, 0.6) is 0 Å². The minimum absolute atomic E-state index is 0. The molecule has 0 bridgehead atoms. The van der Waals surface area contributed by atoms with Crippen LogP contribution in [0.2, 0.25) is 0 Å². The van der Waals surface area contributed by atoms with E-state index in [9.17, 15) is 9.59 Å². The van der Waals surface area contributed by atoms with Crippen LogP contribution in [0, 0.1) is 0 Å². The lowest BCUT2D eigenvalue weighted by atomic mass is 10.3. The molecule has 0 fully saturated rings. The maximum absolute atomic E-state index is 10.7. The predicted molar refractivity (Wildman–Crippen MR) is 106 cm³/mol. The molecule has 2 atom stereocenters. The molecule has 0 saturated heterocycles. The summed E-state index contributed by atoms with van der Waals surface area (Å²) in [5.41, 5.74) is 0. The average Bonchev–Trinajstić information content (AvgIpc) is 3.12. The van der Waals surface area contributed by atoms with E-state index in [4.69, 9.17) is 0 Å². The van der Waals surface area contributed by atoms with Crippen LogP contribution in [0.1, 0.15) is 54.4 Å². The Morgan fingerprint density at radius 2 is 1.08 bits per heavy atom. The van der Waals surface area contributed by atoms with Crippen molar-refractivity contribution in [2.24, 2.45) is 0 Å². The molecule has 0 unspecified atom stereocenters. The van der Waals surface area contributed by atoms with Gasteiger partial charge in [-0.2, -0.15) is 0 Å². The first-order valence-corrected chi connectivity index (χ1v) is 7.84. The largest absolute Gasteiger partial charge is 0.317 e. The number of hydrogen-bond acceptors (Lipinski definition) is 2. The molecule has 0 aromatic heterocycles. The van der Waals surface area contributed by atoms with Gasteiger partial charge in [0, 0.05) is 55.2 Å². The van der Waals surface area contributed by atoms with Crippen molar-refractivity contribution in [3.63, 3.8) is 0 Å². The molecule has 6 radical (unpaired) electrons. The Bertz CT molecular complexity index is 362. The number of nitrogens with zero attached hydrogens (tertiary/aromatic N) is 2. The zero-order valence-corrected chi connectivity index (χ0v) is 16.2. The van der Waals surface area contributed by atoms with Gasteiger partial charge in [-0.1, -0.05) is 26.0 Å². The lowest BCUT2D eigenvalue weighted by molar-refractivity contribution is -0.128. The first-order chi connectivity index (χ1) is 10.4. The fourth-order valence-electron chi connectivity index (χ4n) is 2.09. The minimum atomic E-state index is 0. The fraction of sp³-hybridized carbons (Fsp3) is 0.556. The molecule has 6 heteroatoms. The highest BCUT2D eigenvalue weighted by Gasteiger charge is 2.17. The summed E-state index contributed by atoms with van der Waals surface area (Å²) in [5.74, 6) is 0.271. The third kappa shape index (κ3) is 10.9. The topological polar surface area (TPSA) is 40.6 Å². The van der Waals surface area contributed by atoms with E-state index in [2.05, 4.69) is 13.2 Å². The number of carbonyl (C=O) groups excluding carboxylic acids is 2. The van der Waals surface area contributed by atoms with Gasteiger partial charge in [0.15, 0.2) is 0 Å². The second kappa shape index (κ2) is 17.6. The Morgan fingerprint density at radius 3 is 1.17 bits per heavy atom. The summed E-state index contributed by atoms with van der Waals surface area (Å²) >= 11 is 0. The third-order valence-electron chi connectivity index (χ3n) is 3.16. The Morgan fingerprint density at radius 1 is 0.833 bits per heavy atom. The summed E-state index contributed by atoms with van der Waals surface area (Å²) in [6.07, 6.45) is 9.75. The predicted octanol–water partition coefficient (Wildman–Crippen LogP) is 3.35. The Kier molecular flexibility index (Phi) is 22.2. The van der Waals surface area contributed by atoms with Crippen LogP contribution in [0.15, 0.2) is 37.7 Å². The maximum atomic E-state index is 10.7.